The first-order valence-corrected chi connectivity index (χ1v) is 20.5. The minimum Gasteiger partial charge on any atom is -0.461 e. The second-order valence-corrected chi connectivity index (χ2v) is 18.9. The molecule has 0 radical (unpaired) electrons. The van der Waals surface area contributed by atoms with Crippen molar-refractivity contribution in [2.24, 2.45) is 0 Å². The summed E-state index contributed by atoms with van der Waals surface area (Å²) in [6.07, 6.45) is -5.22. The average molecular weight is 868 g/mol. The van der Waals surface area contributed by atoms with Crippen LogP contribution in [0.4, 0.5) is 51.3 Å². The van der Waals surface area contributed by atoms with Gasteiger partial charge in [-0.3, -0.25) is 15.1 Å². The number of halogens is 7. The van der Waals surface area contributed by atoms with Gasteiger partial charge in [-0.05, 0) is 85.9 Å². The SMILES string of the molecule is CC(C)(C)OC(=O)Nc1nc2c(-c3c(C(F)(F)F)cc4c(N5CC6CCC(C5)N6C(=O)OC(C)(C)C)nc(OC[C@@]56CCCN5C[C@H](F)C6)nc4c3F)cc(F)c(F)c2s1. The minimum atomic E-state index is -5.27. The molecule has 2 bridgehead atoms. The van der Waals surface area contributed by atoms with Crippen LogP contribution in [-0.4, -0.2) is 105 Å². The van der Waals surface area contributed by atoms with E-state index in [2.05, 4.69) is 20.3 Å². The van der Waals surface area contributed by atoms with Gasteiger partial charge < -0.3 is 19.1 Å². The maximum Gasteiger partial charge on any atom is 0.417 e. The van der Waals surface area contributed by atoms with E-state index in [9.17, 15) is 14.0 Å². The molecule has 8 rings (SSSR count). The van der Waals surface area contributed by atoms with Crippen LogP contribution in [0.1, 0.15) is 79.2 Å². The molecule has 1 N–H and O–H groups in total. The summed E-state index contributed by atoms with van der Waals surface area (Å²) in [4.78, 5) is 44.1. The van der Waals surface area contributed by atoms with Crippen molar-refractivity contribution in [1.29, 1.82) is 0 Å². The number of amides is 2. The summed E-state index contributed by atoms with van der Waals surface area (Å²) in [5.74, 6) is -4.71. The van der Waals surface area contributed by atoms with Crippen LogP contribution in [-0.2, 0) is 15.7 Å². The molecule has 0 spiro atoms. The number of ether oxygens (including phenoxy) is 3. The van der Waals surface area contributed by atoms with Gasteiger partial charge in [0.1, 0.15) is 35.3 Å². The average Bonchev–Trinajstić information content (AvgIpc) is 3.86. The monoisotopic (exact) mass is 867 g/mol. The van der Waals surface area contributed by atoms with Gasteiger partial charge in [-0.1, -0.05) is 11.3 Å². The molecular formula is C40H44F7N7O5S. The van der Waals surface area contributed by atoms with Crippen molar-refractivity contribution in [3.63, 3.8) is 0 Å². The summed E-state index contributed by atoms with van der Waals surface area (Å²) in [6.45, 7) is 10.9. The predicted molar refractivity (Wildman–Crippen MR) is 209 cm³/mol. The van der Waals surface area contributed by atoms with Gasteiger partial charge in [0.2, 0.25) is 0 Å². The fourth-order valence-corrected chi connectivity index (χ4v) is 9.88. The molecule has 2 aromatic heterocycles. The number of aromatic nitrogens is 3. The number of carbonyl (C=O) groups is 2. The van der Waals surface area contributed by atoms with Crippen LogP contribution < -0.4 is 15.0 Å². The molecule has 2 unspecified atom stereocenters. The number of alkyl halides is 4. The number of hydrogen-bond donors (Lipinski definition) is 1. The van der Waals surface area contributed by atoms with Crippen molar-refractivity contribution in [2.45, 2.75) is 115 Å². The van der Waals surface area contributed by atoms with Crippen LogP contribution in [0.3, 0.4) is 0 Å². The number of nitrogens with zero attached hydrogens (tertiary/aromatic N) is 6. The van der Waals surface area contributed by atoms with Crippen molar-refractivity contribution in [2.75, 3.05) is 43.0 Å². The molecule has 2 aromatic carbocycles. The third-order valence-electron chi connectivity index (χ3n) is 11.3. The molecule has 4 aromatic rings. The highest BCUT2D eigenvalue weighted by atomic mass is 32.1. The van der Waals surface area contributed by atoms with Crippen molar-refractivity contribution in [1.82, 2.24) is 24.8 Å². The lowest BCUT2D eigenvalue weighted by atomic mass is 9.94. The second kappa shape index (κ2) is 14.7. The van der Waals surface area contributed by atoms with Crippen LogP contribution in [0.2, 0.25) is 0 Å². The molecule has 20 heteroatoms. The van der Waals surface area contributed by atoms with E-state index < -0.39 is 103 Å². The fraction of sp³-hybridized carbons (Fsp3) is 0.575. The highest BCUT2D eigenvalue weighted by molar-refractivity contribution is 7.22. The molecular weight excluding hydrogens is 824 g/mol. The smallest absolute Gasteiger partial charge is 0.417 e. The Morgan fingerprint density at radius 2 is 1.60 bits per heavy atom. The zero-order chi connectivity index (χ0) is 43.3. The van der Waals surface area contributed by atoms with Gasteiger partial charge in [-0.25, -0.2) is 32.1 Å². The summed E-state index contributed by atoms with van der Waals surface area (Å²) in [7, 11) is 0. The molecule has 0 aliphatic carbocycles. The molecule has 4 fully saturated rings. The number of rotatable bonds is 6. The molecule has 0 saturated carbocycles. The molecule has 2 amide bonds. The first kappa shape index (κ1) is 42.0. The summed E-state index contributed by atoms with van der Waals surface area (Å²) in [5.41, 5.74) is -7.08. The summed E-state index contributed by atoms with van der Waals surface area (Å²) >= 11 is 0.423. The zero-order valence-electron chi connectivity index (χ0n) is 33.7. The number of hydrogen-bond acceptors (Lipinski definition) is 11. The largest absolute Gasteiger partial charge is 0.461 e. The third kappa shape index (κ3) is 7.84. The van der Waals surface area contributed by atoms with Crippen LogP contribution >= 0.6 is 11.3 Å². The molecule has 60 heavy (non-hydrogen) atoms. The molecule has 4 atom stereocenters. The van der Waals surface area contributed by atoms with Crippen molar-refractivity contribution in [3.05, 3.63) is 35.1 Å². The van der Waals surface area contributed by atoms with Crippen molar-refractivity contribution < 1.29 is 54.5 Å². The molecule has 324 valence electrons. The summed E-state index contributed by atoms with van der Waals surface area (Å²) in [6, 6.07) is -0.151. The van der Waals surface area contributed by atoms with Gasteiger partial charge in [0, 0.05) is 42.6 Å². The highest BCUT2D eigenvalue weighted by Gasteiger charge is 2.50. The Hall–Kier alpha value is -4.72. The van der Waals surface area contributed by atoms with E-state index in [-0.39, 0.29) is 55.0 Å². The Kier molecular flexibility index (Phi) is 10.3. The minimum absolute atomic E-state index is 0.0821. The van der Waals surface area contributed by atoms with Crippen LogP contribution in [0.15, 0.2) is 12.1 Å². The number of thiazole rings is 1. The van der Waals surface area contributed by atoms with E-state index in [0.717, 1.165) is 6.42 Å². The predicted octanol–water partition coefficient (Wildman–Crippen LogP) is 9.23. The van der Waals surface area contributed by atoms with Gasteiger partial charge in [0.25, 0.3) is 0 Å². The Morgan fingerprint density at radius 1 is 0.917 bits per heavy atom. The molecule has 12 nitrogen and oxygen atoms in total. The van der Waals surface area contributed by atoms with Crippen LogP contribution in [0.25, 0.3) is 32.2 Å². The van der Waals surface area contributed by atoms with Gasteiger partial charge in [-0.15, -0.1) is 0 Å². The standard InChI is InChI=1S/C40H44F7N7O5S/c1-37(2,3)58-35(55)51-34-49-30-22(13-25(42)27(43)31(30)60-34)26-24(40(45,46)47)12-23-29(28(26)44)48-33(57-18-39-10-7-11-53(39)15-19(41)14-39)50-32(23)52-16-20-8-9-21(17-52)54(20)36(56)59-38(4,5)6/h12-13,19-21H,7-11,14-18H2,1-6H3,(H,49,51,55)/t19-,20?,21?,39+/m1/s1. The fourth-order valence-electron chi connectivity index (χ4n) is 8.97. The molecule has 4 aliphatic heterocycles. The van der Waals surface area contributed by atoms with Gasteiger partial charge in [0.15, 0.2) is 22.6 Å². The molecule has 6 heterocycles. The van der Waals surface area contributed by atoms with E-state index in [1.807, 2.05) is 4.90 Å². The Bertz CT molecular complexity index is 2370. The molecule has 4 saturated heterocycles. The zero-order valence-corrected chi connectivity index (χ0v) is 34.6. The van der Waals surface area contributed by atoms with Gasteiger partial charge >= 0.3 is 24.4 Å². The van der Waals surface area contributed by atoms with E-state index in [0.29, 0.717) is 49.3 Å². The number of fused-ring (bicyclic) bond motifs is 5. The number of benzene rings is 2. The number of piperazine rings is 1. The van der Waals surface area contributed by atoms with E-state index in [1.165, 1.54) is 0 Å². The number of carbonyl (C=O) groups excluding carboxylic acids is 2. The number of anilines is 2. The first-order valence-electron chi connectivity index (χ1n) is 19.7. The van der Waals surface area contributed by atoms with E-state index in [4.69, 9.17) is 14.2 Å². The summed E-state index contributed by atoms with van der Waals surface area (Å²) in [5, 5.41) is 1.59. The Labute approximate surface area is 344 Å². The van der Waals surface area contributed by atoms with Crippen LogP contribution in [0.5, 0.6) is 6.01 Å². The lowest BCUT2D eigenvalue weighted by Crippen LogP contribution is -2.57. The lowest BCUT2D eigenvalue weighted by molar-refractivity contribution is -0.137. The van der Waals surface area contributed by atoms with Crippen molar-refractivity contribution >= 4 is 55.6 Å². The summed E-state index contributed by atoms with van der Waals surface area (Å²) < 4.78 is 125. The maximum absolute atomic E-state index is 17.4. The maximum atomic E-state index is 17.4. The topological polar surface area (TPSA) is 122 Å². The van der Waals surface area contributed by atoms with Gasteiger partial charge in [0.05, 0.1) is 33.4 Å². The van der Waals surface area contributed by atoms with E-state index >= 15 is 26.3 Å². The second-order valence-electron chi connectivity index (χ2n) is 17.9. The van der Waals surface area contributed by atoms with Crippen LogP contribution in [0, 0.1) is 17.5 Å². The van der Waals surface area contributed by atoms with Gasteiger partial charge in [-0.2, -0.15) is 23.1 Å². The number of nitrogens with one attached hydrogen (secondary N) is 1. The quantitative estimate of drug-likeness (QED) is 0.188. The van der Waals surface area contributed by atoms with Crippen molar-refractivity contribution in [3.8, 4) is 17.1 Å². The Morgan fingerprint density at radius 3 is 2.25 bits per heavy atom. The Balaban J connectivity index is 1.27. The first-order chi connectivity index (χ1) is 28.0. The van der Waals surface area contributed by atoms with E-state index in [1.54, 1.807) is 51.3 Å². The highest BCUT2D eigenvalue weighted by Crippen LogP contribution is 2.48. The molecule has 4 aliphatic rings. The third-order valence-corrected chi connectivity index (χ3v) is 12.2. The lowest BCUT2D eigenvalue weighted by Gasteiger charge is -2.42. The normalized spacial score (nSPS) is 23.4.